The van der Waals surface area contributed by atoms with Crippen molar-refractivity contribution < 1.29 is 4.74 Å². The molecule has 0 atom stereocenters. The molecule has 0 fully saturated rings. The molecule has 106 valence electrons. The van der Waals surface area contributed by atoms with E-state index in [1.807, 2.05) is 36.4 Å². The molecule has 0 amide bonds. The van der Waals surface area contributed by atoms with Crippen LogP contribution in [0.1, 0.15) is 5.56 Å². The minimum Gasteiger partial charge on any atom is -0.489 e. The first kappa shape index (κ1) is 14.4. The zero-order valence-corrected chi connectivity index (χ0v) is 14.3. The quantitative estimate of drug-likeness (QED) is 0.580. The smallest absolute Gasteiger partial charge is 0.120 e. The Hall–Kier alpha value is -1.52. The van der Waals surface area contributed by atoms with E-state index in [2.05, 4.69) is 50.1 Å². The first-order valence-electron chi connectivity index (χ1n) is 6.47. The van der Waals surface area contributed by atoms with Gasteiger partial charge in [-0.2, -0.15) is 0 Å². The highest BCUT2D eigenvalue weighted by molar-refractivity contribution is 9.10. The average molecular weight is 407 g/mol. The van der Waals surface area contributed by atoms with Crippen molar-refractivity contribution in [3.8, 4) is 5.75 Å². The third-order valence-electron chi connectivity index (χ3n) is 3.16. The van der Waals surface area contributed by atoms with Crippen LogP contribution in [0.2, 0.25) is 0 Å². The Morgan fingerprint density at radius 1 is 0.810 bits per heavy atom. The first-order valence-corrected chi connectivity index (χ1v) is 8.06. The summed E-state index contributed by atoms with van der Waals surface area (Å²) in [5.74, 6) is 0.850. The van der Waals surface area contributed by atoms with Crippen LogP contribution in [-0.2, 0) is 6.61 Å². The fourth-order valence-corrected chi connectivity index (χ4v) is 3.15. The number of anilines is 1. The van der Waals surface area contributed by atoms with Gasteiger partial charge in [0.2, 0.25) is 0 Å². The molecule has 0 saturated carbocycles. The van der Waals surface area contributed by atoms with Gasteiger partial charge in [-0.25, -0.2) is 0 Å². The number of ether oxygens (including phenoxy) is 1. The number of nitrogen functional groups attached to an aromatic ring is 1. The van der Waals surface area contributed by atoms with Crippen LogP contribution in [0.15, 0.2) is 63.5 Å². The summed E-state index contributed by atoms with van der Waals surface area (Å²) in [4.78, 5) is 0. The lowest BCUT2D eigenvalue weighted by Crippen LogP contribution is -1.97. The summed E-state index contributed by atoms with van der Waals surface area (Å²) in [6, 6.07) is 18.1. The van der Waals surface area contributed by atoms with Crippen LogP contribution in [0.4, 0.5) is 5.69 Å². The molecule has 3 rings (SSSR count). The number of nitrogens with two attached hydrogens (primary N) is 1. The highest BCUT2D eigenvalue weighted by atomic mass is 79.9. The molecule has 0 radical (unpaired) electrons. The Bertz CT molecular complexity index is 782. The number of halogens is 2. The van der Waals surface area contributed by atoms with E-state index in [-0.39, 0.29) is 0 Å². The largest absolute Gasteiger partial charge is 0.489 e. The lowest BCUT2D eigenvalue weighted by Gasteiger charge is -2.09. The maximum Gasteiger partial charge on any atom is 0.120 e. The Kier molecular flexibility index (Phi) is 4.17. The molecular formula is C17H13Br2NO. The van der Waals surface area contributed by atoms with Crippen LogP contribution in [0, 0.1) is 0 Å². The lowest BCUT2D eigenvalue weighted by atomic mass is 10.1. The summed E-state index contributed by atoms with van der Waals surface area (Å²) in [6.45, 7) is 0.492. The number of hydrogen-bond donors (Lipinski definition) is 1. The van der Waals surface area contributed by atoms with Crippen molar-refractivity contribution in [2.75, 3.05) is 5.73 Å². The average Bonchev–Trinajstić information content (AvgIpc) is 2.44. The van der Waals surface area contributed by atoms with Gasteiger partial charge in [0.05, 0.1) is 0 Å². The zero-order chi connectivity index (χ0) is 14.8. The Morgan fingerprint density at radius 2 is 1.57 bits per heavy atom. The molecule has 2 N–H and O–H groups in total. The summed E-state index contributed by atoms with van der Waals surface area (Å²) in [7, 11) is 0. The maximum atomic E-state index is 5.85. The Balaban J connectivity index is 1.80. The normalized spacial score (nSPS) is 10.8. The predicted octanol–water partition coefficient (Wildman–Crippen LogP) is 5.53. The van der Waals surface area contributed by atoms with E-state index in [9.17, 15) is 0 Å². The second-order valence-electron chi connectivity index (χ2n) is 4.83. The highest BCUT2D eigenvalue weighted by Crippen LogP contribution is 2.25. The molecule has 3 aromatic carbocycles. The van der Waals surface area contributed by atoms with E-state index in [0.29, 0.717) is 6.61 Å². The third-order valence-corrected chi connectivity index (χ3v) is 4.11. The SMILES string of the molecule is Nc1cc(Br)cc(COc2ccc3cc(Br)ccc3c2)c1. The van der Waals surface area contributed by atoms with Crippen LogP contribution >= 0.6 is 31.9 Å². The second-order valence-corrected chi connectivity index (χ2v) is 6.67. The van der Waals surface area contributed by atoms with Gasteiger partial charge in [0.1, 0.15) is 12.4 Å². The number of hydrogen-bond acceptors (Lipinski definition) is 2. The fraction of sp³-hybridized carbons (Fsp3) is 0.0588. The highest BCUT2D eigenvalue weighted by Gasteiger charge is 2.01. The van der Waals surface area contributed by atoms with E-state index >= 15 is 0 Å². The van der Waals surface area contributed by atoms with Crippen LogP contribution in [0.3, 0.4) is 0 Å². The fourth-order valence-electron chi connectivity index (χ4n) is 2.21. The number of rotatable bonds is 3. The molecule has 2 nitrogen and oxygen atoms in total. The molecule has 0 saturated heterocycles. The van der Waals surface area contributed by atoms with Gasteiger partial charge < -0.3 is 10.5 Å². The minimum atomic E-state index is 0.492. The Labute approximate surface area is 140 Å². The molecule has 0 bridgehead atoms. The monoisotopic (exact) mass is 405 g/mol. The van der Waals surface area contributed by atoms with Gasteiger partial charge in [0.25, 0.3) is 0 Å². The van der Waals surface area contributed by atoms with Crippen molar-refractivity contribution >= 4 is 48.3 Å². The van der Waals surface area contributed by atoms with Crippen molar-refractivity contribution in [2.24, 2.45) is 0 Å². The van der Waals surface area contributed by atoms with Gasteiger partial charge in [0, 0.05) is 14.6 Å². The number of benzene rings is 3. The maximum absolute atomic E-state index is 5.85. The van der Waals surface area contributed by atoms with E-state index < -0.39 is 0 Å². The summed E-state index contributed by atoms with van der Waals surface area (Å²) in [5, 5.41) is 2.34. The van der Waals surface area contributed by atoms with Gasteiger partial charge >= 0.3 is 0 Å². The molecule has 0 aliphatic rings. The molecule has 0 unspecified atom stereocenters. The van der Waals surface area contributed by atoms with Crippen molar-refractivity contribution in [1.29, 1.82) is 0 Å². The van der Waals surface area contributed by atoms with Gasteiger partial charge in [-0.3, -0.25) is 0 Å². The van der Waals surface area contributed by atoms with Gasteiger partial charge in [-0.15, -0.1) is 0 Å². The van der Waals surface area contributed by atoms with Crippen LogP contribution in [0.5, 0.6) is 5.75 Å². The number of fused-ring (bicyclic) bond motifs is 1. The molecule has 0 aliphatic carbocycles. The minimum absolute atomic E-state index is 0.492. The summed E-state index contributed by atoms with van der Waals surface area (Å²) >= 11 is 6.92. The molecule has 0 heterocycles. The van der Waals surface area contributed by atoms with Gasteiger partial charge in [-0.1, -0.05) is 44.0 Å². The van der Waals surface area contributed by atoms with Crippen molar-refractivity contribution in [2.45, 2.75) is 6.61 Å². The predicted molar refractivity (Wildman–Crippen MR) is 94.5 cm³/mol. The Morgan fingerprint density at radius 3 is 2.38 bits per heavy atom. The molecule has 4 heteroatoms. The molecular weight excluding hydrogens is 394 g/mol. The van der Waals surface area contributed by atoms with E-state index in [1.165, 1.54) is 5.39 Å². The van der Waals surface area contributed by atoms with Crippen LogP contribution < -0.4 is 10.5 Å². The second kappa shape index (κ2) is 6.08. The molecule has 0 spiro atoms. The van der Waals surface area contributed by atoms with Gasteiger partial charge in [0.15, 0.2) is 0 Å². The third kappa shape index (κ3) is 3.57. The molecule has 3 aromatic rings. The molecule has 0 aliphatic heterocycles. The summed E-state index contributed by atoms with van der Waals surface area (Å²) < 4.78 is 7.89. The van der Waals surface area contributed by atoms with Crippen molar-refractivity contribution in [1.82, 2.24) is 0 Å². The van der Waals surface area contributed by atoms with E-state index in [0.717, 1.165) is 31.3 Å². The zero-order valence-electron chi connectivity index (χ0n) is 11.1. The van der Waals surface area contributed by atoms with Gasteiger partial charge in [-0.05, 0) is 58.8 Å². The van der Waals surface area contributed by atoms with Crippen molar-refractivity contribution in [3.05, 3.63) is 69.1 Å². The van der Waals surface area contributed by atoms with Crippen LogP contribution in [-0.4, -0.2) is 0 Å². The summed E-state index contributed by atoms with van der Waals surface area (Å²) in [6.07, 6.45) is 0. The van der Waals surface area contributed by atoms with Crippen molar-refractivity contribution in [3.63, 3.8) is 0 Å². The molecule has 21 heavy (non-hydrogen) atoms. The molecule has 0 aromatic heterocycles. The lowest BCUT2D eigenvalue weighted by molar-refractivity contribution is 0.306. The standard InChI is InChI=1S/C17H13Br2NO/c18-14-3-1-13-8-17(4-2-12(13)7-14)21-10-11-5-15(19)9-16(20)6-11/h1-9H,10,20H2. The topological polar surface area (TPSA) is 35.2 Å². The van der Waals surface area contributed by atoms with Crippen LogP contribution in [0.25, 0.3) is 10.8 Å². The summed E-state index contributed by atoms with van der Waals surface area (Å²) in [5.41, 5.74) is 7.59. The van der Waals surface area contributed by atoms with E-state index in [1.54, 1.807) is 0 Å². The first-order chi connectivity index (χ1) is 10.1. The van der Waals surface area contributed by atoms with E-state index in [4.69, 9.17) is 10.5 Å².